The molecule has 2 aliphatic rings. The second-order valence-electron chi connectivity index (χ2n) is 6.00. The number of carbonyl (C=O) groups is 1. The van der Waals surface area contributed by atoms with Crippen LogP contribution in [0.1, 0.15) is 46.0 Å². The highest BCUT2D eigenvalue weighted by Crippen LogP contribution is 2.34. The molecule has 2 fully saturated rings. The fraction of sp³-hybridized carbons (Fsp3) is 0.917. The van der Waals surface area contributed by atoms with Crippen LogP contribution in [0.2, 0.25) is 0 Å². The SMILES string of the molecule is CC1(C)CCN(C(=O)C2(N)CCCC2)C1.Cl. The van der Waals surface area contributed by atoms with E-state index in [-0.39, 0.29) is 23.7 Å². The van der Waals surface area contributed by atoms with Crippen molar-refractivity contribution in [2.45, 2.75) is 51.5 Å². The molecule has 0 atom stereocenters. The normalized spacial score (nSPS) is 26.6. The fourth-order valence-electron chi connectivity index (χ4n) is 2.82. The molecule has 94 valence electrons. The van der Waals surface area contributed by atoms with Crippen LogP contribution in [0.25, 0.3) is 0 Å². The van der Waals surface area contributed by atoms with Crippen molar-refractivity contribution in [3.8, 4) is 0 Å². The Kier molecular flexibility index (Phi) is 3.91. The predicted molar refractivity (Wildman–Crippen MR) is 67.6 cm³/mol. The zero-order chi connectivity index (χ0) is 11.1. The molecule has 1 saturated heterocycles. The minimum atomic E-state index is -0.527. The first-order valence-corrected chi connectivity index (χ1v) is 6.01. The summed E-state index contributed by atoms with van der Waals surface area (Å²) in [6, 6.07) is 0. The summed E-state index contributed by atoms with van der Waals surface area (Å²) in [4.78, 5) is 14.2. The van der Waals surface area contributed by atoms with Gasteiger partial charge in [0, 0.05) is 13.1 Å². The van der Waals surface area contributed by atoms with E-state index in [9.17, 15) is 4.79 Å². The maximum atomic E-state index is 12.3. The smallest absolute Gasteiger partial charge is 0.242 e. The van der Waals surface area contributed by atoms with Crippen LogP contribution in [0.3, 0.4) is 0 Å². The van der Waals surface area contributed by atoms with Gasteiger partial charge in [0.15, 0.2) is 0 Å². The highest BCUT2D eigenvalue weighted by Gasteiger charge is 2.43. The van der Waals surface area contributed by atoms with Crippen molar-refractivity contribution in [3.05, 3.63) is 0 Å². The van der Waals surface area contributed by atoms with Crippen molar-refractivity contribution < 1.29 is 4.79 Å². The Morgan fingerprint density at radius 2 is 1.75 bits per heavy atom. The van der Waals surface area contributed by atoms with Gasteiger partial charge in [0.2, 0.25) is 5.91 Å². The van der Waals surface area contributed by atoms with Crippen molar-refractivity contribution in [3.63, 3.8) is 0 Å². The van der Waals surface area contributed by atoms with E-state index >= 15 is 0 Å². The Morgan fingerprint density at radius 1 is 1.19 bits per heavy atom. The lowest BCUT2D eigenvalue weighted by Crippen LogP contribution is -2.53. The minimum Gasteiger partial charge on any atom is -0.341 e. The number of nitrogens with two attached hydrogens (primary N) is 1. The highest BCUT2D eigenvalue weighted by atomic mass is 35.5. The third-order valence-electron chi connectivity index (χ3n) is 3.89. The predicted octanol–water partition coefficient (Wildman–Crippen LogP) is 1.94. The summed E-state index contributed by atoms with van der Waals surface area (Å²) < 4.78 is 0. The molecule has 4 heteroatoms. The first kappa shape index (κ1) is 13.8. The number of carbonyl (C=O) groups excluding carboxylic acids is 1. The molecule has 1 heterocycles. The number of amides is 1. The van der Waals surface area contributed by atoms with Crippen LogP contribution in [0.5, 0.6) is 0 Å². The highest BCUT2D eigenvalue weighted by molar-refractivity contribution is 5.86. The summed E-state index contributed by atoms with van der Waals surface area (Å²) in [6.07, 6.45) is 5.08. The molecule has 1 amide bonds. The summed E-state index contributed by atoms with van der Waals surface area (Å²) >= 11 is 0. The molecule has 0 bridgehead atoms. The van der Waals surface area contributed by atoms with Crippen LogP contribution in [0, 0.1) is 5.41 Å². The second kappa shape index (κ2) is 4.53. The van der Waals surface area contributed by atoms with Gasteiger partial charge in [-0.3, -0.25) is 4.79 Å². The largest absolute Gasteiger partial charge is 0.341 e. The fourth-order valence-corrected chi connectivity index (χ4v) is 2.82. The zero-order valence-corrected chi connectivity index (χ0v) is 11.1. The Labute approximate surface area is 104 Å². The number of hydrogen-bond acceptors (Lipinski definition) is 2. The third kappa shape index (κ3) is 2.51. The minimum absolute atomic E-state index is 0. The van der Waals surface area contributed by atoms with Crippen LogP contribution < -0.4 is 5.73 Å². The monoisotopic (exact) mass is 246 g/mol. The average molecular weight is 247 g/mol. The van der Waals surface area contributed by atoms with Crippen molar-refractivity contribution in [2.24, 2.45) is 11.1 Å². The molecule has 0 spiro atoms. The summed E-state index contributed by atoms with van der Waals surface area (Å²) in [5, 5.41) is 0. The summed E-state index contributed by atoms with van der Waals surface area (Å²) in [5.74, 6) is 0.200. The van der Waals surface area contributed by atoms with Crippen molar-refractivity contribution in [2.75, 3.05) is 13.1 Å². The van der Waals surface area contributed by atoms with E-state index in [0.29, 0.717) is 0 Å². The van der Waals surface area contributed by atoms with Crippen LogP contribution in [-0.2, 0) is 4.79 Å². The molecule has 0 aromatic rings. The van der Waals surface area contributed by atoms with Gasteiger partial charge in [-0.1, -0.05) is 26.7 Å². The van der Waals surface area contributed by atoms with Gasteiger partial charge >= 0.3 is 0 Å². The number of nitrogens with zero attached hydrogens (tertiary/aromatic N) is 1. The third-order valence-corrected chi connectivity index (χ3v) is 3.89. The van der Waals surface area contributed by atoms with Gasteiger partial charge in [-0.2, -0.15) is 0 Å². The zero-order valence-electron chi connectivity index (χ0n) is 10.3. The Hall–Kier alpha value is -0.280. The van der Waals surface area contributed by atoms with E-state index in [1.807, 2.05) is 4.90 Å². The molecule has 1 saturated carbocycles. The quantitative estimate of drug-likeness (QED) is 0.769. The Bertz CT molecular complexity index is 272. The maximum Gasteiger partial charge on any atom is 0.242 e. The van der Waals surface area contributed by atoms with E-state index in [1.54, 1.807) is 0 Å². The standard InChI is InChI=1S/C12H22N2O.ClH/c1-11(2)7-8-14(9-11)10(15)12(13)5-3-4-6-12;/h3-9,13H2,1-2H3;1H. The first-order chi connectivity index (χ1) is 6.93. The molecule has 0 unspecified atom stereocenters. The van der Waals surface area contributed by atoms with E-state index in [2.05, 4.69) is 13.8 Å². The summed E-state index contributed by atoms with van der Waals surface area (Å²) in [6.45, 7) is 6.21. The molecular weight excluding hydrogens is 224 g/mol. The molecule has 0 radical (unpaired) electrons. The molecular formula is C12H23ClN2O. The topological polar surface area (TPSA) is 46.3 Å². The van der Waals surface area contributed by atoms with Gasteiger partial charge in [-0.05, 0) is 24.7 Å². The number of hydrogen-bond donors (Lipinski definition) is 1. The lowest BCUT2D eigenvalue weighted by atomic mass is 9.93. The Morgan fingerprint density at radius 3 is 2.19 bits per heavy atom. The number of likely N-dealkylation sites (tertiary alicyclic amines) is 1. The van der Waals surface area contributed by atoms with Crippen molar-refractivity contribution in [1.29, 1.82) is 0 Å². The van der Waals surface area contributed by atoms with E-state index in [0.717, 1.165) is 45.2 Å². The molecule has 3 nitrogen and oxygen atoms in total. The van der Waals surface area contributed by atoms with E-state index < -0.39 is 5.54 Å². The second-order valence-corrected chi connectivity index (χ2v) is 6.00. The molecule has 1 aliphatic carbocycles. The lowest BCUT2D eigenvalue weighted by Gasteiger charge is -2.29. The van der Waals surface area contributed by atoms with Gasteiger partial charge in [0.1, 0.15) is 0 Å². The first-order valence-electron chi connectivity index (χ1n) is 6.01. The molecule has 0 aromatic heterocycles. The molecule has 16 heavy (non-hydrogen) atoms. The van der Waals surface area contributed by atoms with Crippen LogP contribution in [-0.4, -0.2) is 29.4 Å². The van der Waals surface area contributed by atoms with Crippen LogP contribution in [0.15, 0.2) is 0 Å². The molecule has 2 rings (SSSR count). The summed E-state index contributed by atoms with van der Waals surface area (Å²) in [7, 11) is 0. The van der Waals surface area contributed by atoms with E-state index in [4.69, 9.17) is 5.73 Å². The molecule has 0 aromatic carbocycles. The Balaban J connectivity index is 0.00000128. The summed E-state index contributed by atoms with van der Waals surface area (Å²) in [5.41, 5.74) is 5.93. The van der Waals surface area contributed by atoms with Gasteiger partial charge < -0.3 is 10.6 Å². The van der Waals surface area contributed by atoms with Crippen LogP contribution >= 0.6 is 12.4 Å². The maximum absolute atomic E-state index is 12.3. The van der Waals surface area contributed by atoms with Gasteiger partial charge in [0.25, 0.3) is 0 Å². The number of rotatable bonds is 1. The van der Waals surface area contributed by atoms with Gasteiger partial charge in [0.05, 0.1) is 5.54 Å². The van der Waals surface area contributed by atoms with Crippen molar-refractivity contribution in [1.82, 2.24) is 4.90 Å². The lowest BCUT2D eigenvalue weighted by molar-refractivity contribution is -0.136. The van der Waals surface area contributed by atoms with Crippen molar-refractivity contribution >= 4 is 18.3 Å². The van der Waals surface area contributed by atoms with Gasteiger partial charge in [-0.25, -0.2) is 0 Å². The molecule has 1 aliphatic heterocycles. The van der Waals surface area contributed by atoms with Gasteiger partial charge in [-0.15, -0.1) is 12.4 Å². The number of halogens is 1. The molecule has 2 N–H and O–H groups in total. The van der Waals surface area contributed by atoms with E-state index in [1.165, 1.54) is 0 Å². The van der Waals surface area contributed by atoms with Crippen LogP contribution in [0.4, 0.5) is 0 Å². The average Bonchev–Trinajstić information content (AvgIpc) is 2.72.